The number of aromatic nitrogens is 1. The number of benzene rings is 4. The van der Waals surface area contributed by atoms with Crippen LogP contribution in [0, 0.1) is 35.5 Å². The second kappa shape index (κ2) is 19.8. The molecule has 0 spiro atoms. The molecule has 3 heteroatoms. The molecule has 8 aliphatic rings. The summed E-state index contributed by atoms with van der Waals surface area (Å²) in [5.41, 5.74) is 13.5. The summed E-state index contributed by atoms with van der Waals surface area (Å²) >= 11 is 0. The van der Waals surface area contributed by atoms with Crippen molar-refractivity contribution < 1.29 is 10.2 Å². The van der Waals surface area contributed by atoms with Gasteiger partial charge >= 0.3 is 0 Å². The third kappa shape index (κ3) is 9.12. The van der Waals surface area contributed by atoms with Gasteiger partial charge in [-0.2, -0.15) is 0 Å². The smallest absolute Gasteiger partial charge is 0.127 e. The normalized spacial score (nSPS) is 27.6. The Bertz CT molecular complexity index is 2320. The van der Waals surface area contributed by atoms with Crippen molar-refractivity contribution in [2.24, 2.45) is 35.5 Å². The van der Waals surface area contributed by atoms with Crippen LogP contribution in [0.5, 0.6) is 11.5 Å². The van der Waals surface area contributed by atoms with Gasteiger partial charge in [-0.1, -0.05) is 145 Å². The van der Waals surface area contributed by atoms with Gasteiger partial charge in [0.1, 0.15) is 11.5 Å². The fraction of sp³-hybridized carbons (Fsp3) is 0.554. The molecule has 5 aromatic rings. The first-order chi connectivity index (χ1) is 33.3. The topological polar surface area (TPSA) is 53.4 Å². The van der Waals surface area contributed by atoms with E-state index in [0.29, 0.717) is 11.5 Å². The number of pyridine rings is 1. The molecule has 68 heavy (non-hydrogen) atoms. The number of nitrogens with zero attached hydrogens (tertiary/aromatic N) is 1. The molecule has 358 valence electrons. The monoisotopic (exact) mass is 908 g/mol. The molecule has 0 atom stereocenters. The Morgan fingerprint density at radius 3 is 1.10 bits per heavy atom. The van der Waals surface area contributed by atoms with E-state index in [2.05, 4.69) is 105 Å². The average Bonchev–Trinajstić information content (AvgIpc) is 3.33. The van der Waals surface area contributed by atoms with Gasteiger partial charge in [0.15, 0.2) is 0 Å². The number of aromatic hydroxyl groups is 2. The number of rotatable bonds is 20. The molecule has 0 unspecified atom stereocenters. The maximum Gasteiger partial charge on any atom is 0.127 e. The van der Waals surface area contributed by atoms with Crippen LogP contribution < -0.4 is 0 Å². The predicted molar refractivity (Wildman–Crippen MR) is 283 cm³/mol. The lowest BCUT2D eigenvalue weighted by molar-refractivity contribution is -0.00628. The van der Waals surface area contributed by atoms with Crippen LogP contribution in [0.25, 0.3) is 44.8 Å². The number of phenolic OH excluding ortho intramolecular Hbond substituents is 2. The van der Waals surface area contributed by atoms with E-state index in [1.165, 1.54) is 176 Å². The minimum absolute atomic E-state index is 0.0919. The predicted octanol–water partition coefficient (Wildman–Crippen LogP) is 17.9. The highest BCUT2D eigenvalue weighted by Gasteiger charge is 2.54. The number of hydrogen-bond acceptors (Lipinski definition) is 3. The molecule has 8 bridgehead atoms. The molecule has 13 rings (SSSR count). The van der Waals surface area contributed by atoms with E-state index < -0.39 is 0 Å². The van der Waals surface area contributed by atoms with E-state index in [9.17, 15) is 10.2 Å². The van der Waals surface area contributed by atoms with Crippen molar-refractivity contribution in [3.8, 4) is 56.3 Å². The first-order valence-electron chi connectivity index (χ1n) is 28.2. The summed E-state index contributed by atoms with van der Waals surface area (Å²) in [4.78, 5) is 5.55. The zero-order chi connectivity index (χ0) is 46.2. The Labute approximate surface area is 410 Å². The number of hydrogen-bond donors (Lipinski definition) is 2. The zero-order valence-corrected chi connectivity index (χ0v) is 41.9. The molecule has 8 aliphatic carbocycles. The zero-order valence-electron chi connectivity index (χ0n) is 41.9. The maximum atomic E-state index is 12.8. The number of unbranched alkanes of at least 4 members (excludes halogenated alkanes) is 10. The van der Waals surface area contributed by atoms with Crippen molar-refractivity contribution in [1.29, 1.82) is 0 Å². The Kier molecular flexibility index (Phi) is 13.4. The van der Waals surface area contributed by atoms with Crippen LogP contribution in [0.4, 0.5) is 0 Å². The van der Waals surface area contributed by atoms with E-state index in [4.69, 9.17) is 4.98 Å². The fourth-order valence-corrected chi connectivity index (χ4v) is 16.6. The van der Waals surface area contributed by atoms with E-state index in [1.807, 2.05) is 0 Å². The Morgan fingerprint density at radius 1 is 0.397 bits per heavy atom. The first kappa shape index (κ1) is 46.0. The van der Waals surface area contributed by atoms with E-state index in [0.717, 1.165) is 93.1 Å². The third-order valence-corrected chi connectivity index (χ3v) is 18.9. The number of phenols is 2. The maximum absolute atomic E-state index is 12.8. The van der Waals surface area contributed by atoms with Crippen molar-refractivity contribution in [2.45, 2.75) is 192 Å². The summed E-state index contributed by atoms with van der Waals surface area (Å²) in [6.07, 6.45) is 33.3. The molecule has 8 saturated carbocycles. The Hall–Kier alpha value is -4.37. The standard InChI is InChI=1S/C65H81NO2/c1-3-5-7-9-11-13-20-44-34-56(62(67)58(36-44)64-38-46-28-47(39-64)30-48(29-46)40-64)52-22-15-17-24-54(52)60-26-19-27-61(66-60)55-25-18-16-23-53(55)57-35-45(21-14-12-10-8-6-4-2)37-59(63(57)68)65-41-49-31-50(42-65)33-51(32-49)43-65/h15-19,22-27,34-37,46-51,67-68H,3-14,20-21,28-33,38-43H2,1-2H3. The van der Waals surface area contributed by atoms with Crippen LogP contribution in [0.3, 0.4) is 0 Å². The highest BCUT2D eigenvalue weighted by Crippen LogP contribution is 2.64. The second-order valence-corrected chi connectivity index (χ2v) is 24.0. The molecular weight excluding hydrogens is 827 g/mol. The molecule has 1 heterocycles. The van der Waals surface area contributed by atoms with Gasteiger partial charge < -0.3 is 10.2 Å². The van der Waals surface area contributed by atoms with Gasteiger partial charge in [-0.15, -0.1) is 0 Å². The molecule has 0 aliphatic heterocycles. The largest absolute Gasteiger partial charge is 0.507 e. The summed E-state index contributed by atoms with van der Waals surface area (Å²) in [6.45, 7) is 4.60. The van der Waals surface area contributed by atoms with Gasteiger partial charge in [-0.3, -0.25) is 0 Å². The Morgan fingerprint density at radius 2 is 0.735 bits per heavy atom. The van der Waals surface area contributed by atoms with Crippen LogP contribution in [0.2, 0.25) is 0 Å². The quantitative estimate of drug-likeness (QED) is 0.0765. The lowest BCUT2D eigenvalue weighted by atomic mass is 9.48. The van der Waals surface area contributed by atoms with Crippen LogP contribution >= 0.6 is 0 Å². The molecule has 0 radical (unpaired) electrons. The SMILES string of the molecule is CCCCCCCCc1cc(-c2ccccc2-c2cccc(-c3ccccc3-c3cc(CCCCCCCC)cc(C45CC6CC(CC(C6)C4)C5)c3O)n2)c(O)c(C23CC4CC(CC(C4)C2)C3)c1. The summed E-state index contributed by atoms with van der Waals surface area (Å²) in [6, 6.07) is 33.5. The first-order valence-corrected chi connectivity index (χ1v) is 28.2. The fourth-order valence-electron chi connectivity index (χ4n) is 16.6. The van der Waals surface area contributed by atoms with Crippen molar-refractivity contribution >= 4 is 0 Å². The van der Waals surface area contributed by atoms with Gasteiger partial charge in [0.25, 0.3) is 0 Å². The summed E-state index contributed by atoms with van der Waals surface area (Å²) in [5, 5.41) is 25.5. The minimum atomic E-state index is 0.0919. The van der Waals surface area contributed by atoms with Crippen LogP contribution in [0.1, 0.15) is 190 Å². The van der Waals surface area contributed by atoms with Gasteiger partial charge in [-0.25, -0.2) is 4.98 Å². The summed E-state index contributed by atoms with van der Waals surface area (Å²) in [7, 11) is 0. The molecule has 4 aromatic carbocycles. The van der Waals surface area contributed by atoms with Crippen molar-refractivity contribution in [3.05, 3.63) is 113 Å². The van der Waals surface area contributed by atoms with Gasteiger partial charge in [0.2, 0.25) is 0 Å². The van der Waals surface area contributed by atoms with Gasteiger partial charge in [0, 0.05) is 33.4 Å². The van der Waals surface area contributed by atoms with Gasteiger partial charge in [0.05, 0.1) is 11.4 Å². The highest BCUT2D eigenvalue weighted by molar-refractivity contribution is 5.89. The van der Waals surface area contributed by atoms with Crippen molar-refractivity contribution in [1.82, 2.24) is 4.98 Å². The second-order valence-electron chi connectivity index (χ2n) is 24.0. The number of aryl methyl sites for hydroxylation is 2. The van der Waals surface area contributed by atoms with E-state index >= 15 is 0 Å². The molecule has 8 fully saturated rings. The van der Waals surface area contributed by atoms with Crippen molar-refractivity contribution in [3.63, 3.8) is 0 Å². The average molecular weight is 908 g/mol. The highest BCUT2D eigenvalue weighted by atomic mass is 16.3. The van der Waals surface area contributed by atoms with Crippen molar-refractivity contribution in [2.75, 3.05) is 0 Å². The van der Waals surface area contributed by atoms with E-state index in [-0.39, 0.29) is 10.8 Å². The molecule has 3 nitrogen and oxygen atoms in total. The lowest BCUT2D eigenvalue weighted by Crippen LogP contribution is -2.48. The van der Waals surface area contributed by atoms with Crippen LogP contribution in [0.15, 0.2) is 91.0 Å². The molecule has 2 N–H and O–H groups in total. The van der Waals surface area contributed by atoms with Crippen LogP contribution in [-0.2, 0) is 23.7 Å². The van der Waals surface area contributed by atoms with E-state index in [1.54, 1.807) is 0 Å². The van der Waals surface area contributed by atoms with Crippen LogP contribution in [-0.4, -0.2) is 15.2 Å². The Balaban J connectivity index is 0.960. The summed E-state index contributed by atoms with van der Waals surface area (Å²) in [5.74, 6) is 5.87. The summed E-state index contributed by atoms with van der Waals surface area (Å²) < 4.78 is 0. The molecule has 0 saturated heterocycles. The molecule has 1 aromatic heterocycles. The third-order valence-electron chi connectivity index (χ3n) is 18.9. The molecular formula is C65H81NO2. The molecule has 0 amide bonds. The minimum Gasteiger partial charge on any atom is -0.507 e. The lowest BCUT2D eigenvalue weighted by Gasteiger charge is -2.57. The van der Waals surface area contributed by atoms with Gasteiger partial charge in [-0.05, 0) is 196 Å².